The number of thioether (sulfide) groups is 1. The standard InChI is InChI=1S/C18H23FN6S/c1-20-17(23-9-14-26-16-5-3-15(19)4-6-16)24-10-12-25(13-11-24)18-21-7-2-8-22-18/h2-8H,9-14H2,1H3,(H,20,23). The van der Waals surface area contributed by atoms with Crippen molar-refractivity contribution < 1.29 is 4.39 Å². The van der Waals surface area contributed by atoms with Gasteiger partial charge in [0.1, 0.15) is 5.82 Å². The smallest absolute Gasteiger partial charge is 0.225 e. The van der Waals surface area contributed by atoms with Crippen molar-refractivity contribution >= 4 is 23.7 Å². The molecule has 138 valence electrons. The maximum absolute atomic E-state index is 12.9. The summed E-state index contributed by atoms with van der Waals surface area (Å²) in [5, 5.41) is 3.41. The molecule has 2 heterocycles. The number of aromatic nitrogens is 2. The average molecular weight is 374 g/mol. The van der Waals surface area contributed by atoms with Crippen LogP contribution in [0.4, 0.5) is 10.3 Å². The van der Waals surface area contributed by atoms with Gasteiger partial charge in [0, 0.05) is 62.8 Å². The quantitative estimate of drug-likeness (QED) is 0.374. The highest BCUT2D eigenvalue weighted by Gasteiger charge is 2.20. The lowest BCUT2D eigenvalue weighted by molar-refractivity contribution is 0.371. The molecule has 1 aliphatic heterocycles. The summed E-state index contributed by atoms with van der Waals surface area (Å²) in [5.74, 6) is 2.39. The molecule has 3 rings (SSSR count). The fourth-order valence-electron chi connectivity index (χ4n) is 2.77. The number of hydrogen-bond acceptors (Lipinski definition) is 5. The minimum Gasteiger partial charge on any atom is -0.355 e. The van der Waals surface area contributed by atoms with Crippen LogP contribution in [-0.2, 0) is 0 Å². The van der Waals surface area contributed by atoms with E-state index >= 15 is 0 Å². The van der Waals surface area contributed by atoms with Crippen LogP contribution in [0.1, 0.15) is 0 Å². The first kappa shape index (κ1) is 18.4. The molecule has 6 nitrogen and oxygen atoms in total. The van der Waals surface area contributed by atoms with Gasteiger partial charge in [-0.1, -0.05) is 0 Å². The topological polar surface area (TPSA) is 56.7 Å². The van der Waals surface area contributed by atoms with Gasteiger partial charge in [0.2, 0.25) is 5.95 Å². The third-order valence-corrected chi connectivity index (χ3v) is 5.11. The summed E-state index contributed by atoms with van der Waals surface area (Å²) in [7, 11) is 1.81. The van der Waals surface area contributed by atoms with Crippen LogP contribution in [0.5, 0.6) is 0 Å². The van der Waals surface area contributed by atoms with Gasteiger partial charge in [-0.3, -0.25) is 4.99 Å². The highest BCUT2D eigenvalue weighted by atomic mass is 32.2. The van der Waals surface area contributed by atoms with Crippen LogP contribution in [0.15, 0.2) is 52.6 Å². The first-order chi connectivity index (χ1) is 12.8. The van der Waals surface area contributed by atoms with Gasteiger partial charge in [0.15, 0.2) is 5.96 Å². The zero-order valence-corrected chi connectivity index (χ0v) is 15.6. The molecule has 0 atom stereocenters. The monoisotopic (exact) mass is 374 g/mol. The predicted octanol–water partition coefficient (Wildman–Crippen LogP) is 2.11. The Morgan fingerprint density at radius 2 is 1.85 bits per heavy atom. The number of anilines is 1. The zero-order chi connectivity index (χ0) is 18.2. The van der Waals surface area contributed by atoms with Crippen molar-refractivity contribution in [2.45, 2.75) is 4.90 Å². The van der Waals surface area contributed by atoms with Gasteiger partial charge in [-0.15, -0.1) is 11.8 Å². The van der Waals surface area contributed by atoms with E-state index in [4.69, 9.17) is 0 Å². The Morgan fingerprint density at radius 3 is 2.50 bits per heavy atom. The minimum atomic E-state index is -0.201. The van der Waals surface area contributed by atoms with Gasteiger partial charge in [-0.25, -0.2) is 14.4 Å². The van der Waals surface area contributed by atoms with Crippen molar-refractivity contribution in [2.75, 3.05) is 50.4 Å². The van der Waals surface area contributed by atoms with E-state index in [1.807, 2.05) is 13.1 Å². The summed E-state index contributed by atoms with van der Waals surface area (Å²) in [6, 6.07) is 8.42. The molecule has 1 saturated heterocycles. The lowest BCUT2D eigenvalue weighted by atomic mass is 10.3. The van der Waals surface area contributed by atoms with Gasteiger partial charge in [0.25, 0.3) is 0 Å². The molecule has 0 amide bonds. The highest BCUT2D eigenvalue weighted by molar-refractivity contribution is 7.99. The summed E-state index contributed by atoms with van der Waals surface area (Å²) in [6.07, 6.45) is 3.54. The average Bonchev–Trinajstić information content (AvgIpc) is 2.70. The maximum atomic E-state index is 12.9. The first-order valence-electron chi connectivity index (χ1n) is 8.62. The molecule has 1 fully saturated rings. The van der Waals surface area contributed by atoms with Gasteiger partial charge in [0.05, 0.1) is 0 Å². The summed E-state index contributed by atoms with van der Waals surface area (Å²) < 4.78 is 12.9. The maximum Gasteiger partial charge on any atom is 0.225 e. The third-order valence-electron chi connectivity index (χ3n) is 4.09. The molecule has 0 spiro atoms. The number of rotatable bonds is 5. The Labute approximate surface area is 157 Å². The van der Waals surface area contributed by atoms with Gasteiger partial charge < -0.3 is 15.1 Å². The SMILES string of the molecule is CN=C(NCCSc1ccc(F)cc1)N1CCN(c2ncccn2)CC1. The zero-order valence-electron chi connectivity index (χ0n) is 14.8. The van der Waals surface area contributed by atoms with Crippen LogP contribution in [-0.4, -0.2) is 66.4 Å². The van der Waals surface area contributed by atoms with E-state index < -0.39 is 0 Å². The fourth-order valence-corrected chi connectivity index (χ4v) is 3.54. The number of hydrogen-bond donors (Lipinski definition) is 1. The van der Waals surface area contributed by atoms with Crippen molar-refractivity contribution in [2.24, 2.45) is 4.99 Å². The van der Waals surface area contributed by atoms with E-state index in [1.165, 1.54) is 12.1 Å². The van der Waals surface area contributed by atoms with Crippen molar-refractivity contribution in [3.63, 3.8) is 0 Å². The lowest BCUT2D eigenvalue weighted by Gasteiger charge is -2.36. The number of aliphatic imine (C=N–C) groups is 1. The number of nitrogens with one attached hydrogen (secondary N) is 1. The van der Waals surface area contributed by atoms with Crippen molar-refractivity contribution in [3.8, 4) is 0 Å². The molecule has 1 aromatic carbocycles. The van der Waals surface area contributed by atoms with E-state index in [9.17, 15) is 4.39 Å². The second kappa shape index (κ2) is 9.38. The van der Waals surface area contributed by atoms with Crippen LogP contribution in [0.3, 0.4) is 0 Å². The third kappa shape index (κ3) is 5.08. The number of halogens is 1. The number of piperazine rings is 1. The molecule has 0 radical (unpaired) electrons. The fraction of sp³-hybridized carbons (Fsp3) is 0.389. The largest absolute Gasteiger partial charge is 0.355 e. The molecule has 0 unspecified atom stereocenters. The van der Waals surface area contributed by atoms with E-state index in [0.29, 0.717) is 0 Å². The van der Waals surface area contributed by atoms with Gasteiger partial charge in [-0.05, 0) is 30.3 Å². The van der Waals surface area contributed by atoms with E-state index in [-0.39, 0.29) is 5.82 Å². The van der Waals surface area contributed by atoms with Crippen LogP contribution in [0.25, 0.3) is 0 Å². The number of benzene rings is 1. The van der Waals surface area contributed by atoms with Crippen molar-refractivity contribution in [1.29, 1.82) is 0 Å². The summed E-state index contributed by atoms with van der Waals surface area (Å²) in [6.45, 7) is 4.30. The van der Waals surface area contributed by atoms with E-state index in [2.05, 4.69) is 30.1 Å². The molecule has 0 aliphatic carbocycles. The van der Waals surface area contributed by atoms with Gasteiger partial charge >= 0.3 is 0 Å². The second-order valence-corrected chi connectivity index (χ2v) is 6.97. The Balaban J connectivity index is 1.41. The normalized spacial score (nSPS) is 15.2. The Morgan fingerprint density at radius 1 is 1.15 bits per heavy atom. The summed E-state index contributed by atoms with van der Waals surface area (Å²) >= 11 is 1.70. The molecule has 2 aromatic rings. The Kier molecular flexibility index (Phi) is 6.65. The van der Waals surface area contributed by atoms with E-state index in [1.54, 1.807) is 36.3 Å². The molecular formula is C18H23FN6S. The van der Waals surface area contributed by atoms with Crippen LogP contribution < -0.4 is 10.2 Å². The molecule has 8 heteroatoms. The van der Waals surface area contributed by atoms with E-state index in [0.717, 1.165) is 55.3 Å². The Hall–Kier alpha value is -2.35. The predicted molar refractivity (Wildman–Crippen MR) is 104 cm³/mol. The molecule has 0 saturated carbocycles. The van der Waals surface area contributed by atoms with Crippen LogP contribution in [0.2, 0.25) is 0 Å². The Bertz CT molecular complexity index is 701. The molecule has 1 aromatic heterocycles. The minimum absolute atomic E-state index is 0.201. The summed E-state index contributed by atoms with van der Waals surface area (Å²) in [5.41, 5.74) is 0. The number of guanidine groups is 1. The highest BCUT2D eigenvalue weighted by Crippen LogP contribution is 2.17. The number of nitrogens with zero attached hydrogens (tertiary/aromatic N) is 5. The van der Waals surface area contributed by atoms with Crippen molar-refractivity contribution in [1.82, 2.24) is 20.2 Å². The van der Waals surface area contributed by atoms with Crippen LogP contribution >= 0.6 is 11.8 Å². The summed E-state index contributed by atoms with van der Waals surface area (Å²) in [4.78, 5) is 18.5. The van der Waals surface area contributed by atoms with Crippen molar-refractivity contribution in [3.05, 3.63) is 48.5 Å². The second-order valence-electron chi connectivity index (χ2n) is 5.80. The van der Waals surface area contributed by atoms with Gasteiger partial charge in [-0.2, -0.15) is 0 Å². The molecule has 1 N–H and O–H groups in total. The first-order valence-corrected chi connectivity index (χ1v) is 9.61. The molecular weight excluding hydrogens is 351 g/mol. The lowest BCUT2D eigenvalue weighted by Crippen LogP contribution is -2.53. The molecule has 0 bridgehead atoms. The molecule has 26 heavy (non-hydrogen) atoms. The van der Waals surface area contributed by atoms with Crippen LogP contribution in [0, 0.1) is 5.82 Å². The molecule has 1 aliphatic rings.